The van der Waals surface area contributed by atoms with E-state index in [0.717, 1.165) is 26.2 Å². The van der Waals surface area contributed by atoms with Crippen LogP contribution in [0.15, 0.2) is 18.2 Å². The number of nitrogens with two attached hydrogens (primary N) is 1. The summed E-state index contributed by atoms with van der Waals surface area (Å²) in [5.41, 5.74) is 6.33. The molecule has 0 bridgehead atoms. The number of benzene rings is 1. The zero-order chi connectivity index (χ0) is 14.0. The molecule has 3 N–H and O–H groups in total. The number of hydrogen-bond donors (Lipinski definition) is 2. The van der Waals surface area contributed by atoms with Crippen LogP contribution in [0.2, 0.25) is 0 Å². The van der Waals surface area contributed by atoms with Crippen LogP contribution >= 0.6 is 0 Å². The van der Waals surface area contributed by atoms with Crippen molar-refractivity contribution in [3.8, 4) is 5.75 Å². The van der Waals surface area contributed by atoms with E-state index in [-0.39, 0.29) is 11.7 Å². The van der Waals surface area contributed by atoms with Crippen molar-refractivity contribution in [3.05, 3.63) is 23.8 Å². The Hall–Kier alpha value is -1.75. The quantitative estimate of drug-likeness (QED) is 0.620. The van der Waals surface area contributed by atoms with Gasteiger partial charge in [0, 0.05) is 31.2 Å². The summed E-state index contributed by atoms with van der Waals surface area (Å²) in [7, 11) is 0. The maximum Gasteiger partial charge on any atom is 0.254 e. The van der Waals surface area contributed by atoms with Gasteiger partial charge in [-0.15, -0.1) is 0 Å². The van der Waals surface area contributed by atoms with Crippen molar-refractivity contribution in [1.29, 1.82) is 0 Å². The number of carbonyl (C=O) groups excluding carboxylic acids is 1. The largest absolute Gasteiger partial charge is 0.506 e. The number of anilines is 1. The number of phenolic OH excluding ortho intramolecular Hbond substituents is 1. The first-order valence-corrected chi connectivity index (χ1v) is 6.64. The van der Waals surface area contributed by atoms with Crippen molar-refractivity contribution < 1.29 is 9.90 Å². The van der Waals surface area contributed by atoms with Crippen molar-refractivity contribution in [2.45, 2.75) is 19.9 Å². The lowest BCUT2D eigenvalue weighted by Crippen LogP contribution is -2.53. The molecule has 19 heavy (non-hydrogen) atoms. The third-order valence-corrected chi connectivity index (χ3v) is 3.74. The predicted molar refractivity (Wildman–Crippen MR) is 75.1 cm³/mol. The molecule has 1 aromatic rings. The number of nitrogen functional groups attached to an aromatic ring is 1. The van der Waals surface area contributed by atoms with Crippen molar-refractivity contribution >= 4 is 11.6 Å². The molecule has 1 saturated heterocycles. The topological polar surface area (TPSA) is 69.8 Å². The zero-order valence-corrected chi connectivity index (χ0v) is 11.5. The van der Waals surface area contributed by atoms with E-state index in [1.807, 2.05) is 4.90 Å². The SMILES string of the molecule is CCN1CCN(C(=O)c2ccc(N)c(O)c2)CC1C. The van der Waals surface area contributed by atoms with Crippen molar-refractivity contribution in [2.24, 2.45) is 0 Å². The molecule has 1 atom stereocenters. The Morgan fingerprint density at radius 2 is 2.21 bits per heavy atom. The third-order valence-electron chi connectivity index (χ3n) is 3.74. The lowest BCUT2D eigenvalue weighted by molar-refractivity contribution is 0.0528. The second-order valence-electron chi connectivity index (χ2n) is 5.00. The Kier molecular flexibility index (Phi) is 3.95. The molecule has 1 fully saturated rings. The Morgan fingerprint density at radius 1 is 1.47 bits per heavy atom. The summed E-state index contributed by atoms with van der Waals surface area (Å²) in [6, 6.07) is 5.03. The minimum absolute atomic E-state index is 0.0360. The lowest BCUT2D eigenvalue weighted by atomic mass is 10.1. The standard InChI is InChI=1S/C14H21N3O2/c1-3-16-6-7-17(9-10(16)2)14(19)11-4-5-12(15)13(18)8-11/h4-5,8,10,18H,3,6-7,9,15H2,1-2H3. The summed E-state index contributed by atoms with van der Waals surface area (Å²) in [5.74, 6) is -0.0796. The van der Waals surface area contributed by atoms with Gasteiger partial charge in [0.1, 0.15) is 5.75 Å². The lowest BCUT2D eigenvalue weighted by Gasteiger charge is -2.39. The molecule has 2 rings (SSSR count). The number of nitrogens with zero attached hydrogens (tertiary/aromatic N) is 2. The van der Waals surface area contributed by atoms with Gasteiger partial charge in [-0.05, 0) is 31.7 Å². The highest BCUT2D eigenvalue weighted by atomic mass is 16.3. The van der Waals surface area contributed by atoms with Crippen molar-refractivity contribution in [3.63, 3.8) is 0 Å². The second kappa shape index (κ2) is 5.48. The molecule has 1 unspecified atom stereocenters. The minimum atomic E-state index is -0.0436. The van der Waals surface area contributed by atoms with Crippen LogP contribution in [0.3, 0.4) is 0 Å². The van der Waals surface area contributed by atoms with Gasteiger partial charge in [0.25, 0.3) is 5.91 Å². The van der Waals surface area contributed by atoms with E-state index in [9.17, 15) is 9.90 Å². The average Bonchev–Trinajstić information content (AvgIpc) is 2.41. The molecule has 0 saturated carbocycles. The van der Waals surface area contributed by atoms with E-state index < -0.39 is 0 Å². The van der Waals surface area contributed by atoms with Crippen molar-refractivity contribution in [2.75, 3.05) is 31.9 Å². The summed E-state index contributed by atoms with van der Waals surface area (Å²) in [4.78, 5) is 16.5. The summed E-state index contributed by atoms with van der Waals surface area (Å²) in [6.45, 7) is 7.60. The van der Waals surface area contributed by atoms with E-state index in [1.54, 1.807) is 12.1 Å². The van der Waals surface area contributed by atoms with Crippen LogP contribution < -0.4 is 5.73 Å². The summed E-state index contributed by atoms with van der Waals surface area (Å²) in [5, 5.41) is 9.58. The summed E-state index contributed by atoms with van der Waals surface area (Å²) in [6.07, 6.45) is 0. The highest BCUT2D eigenvalue weighted by Gasteiger charge is 2.26. The highest BCUT2D eigenvalue weighted by molar-refractivity contribution is 5.95. The Bertz CT molecular complexity index is 476. The number of likely N-dealkylation sites (N-methyl/N-ethyl adjacent to an activating group) is 1. The molecule has 5 heteroatoms. The van der Waals surface area contributed by atoms with Crippen LogP contribution in [0.5, 0.6) is 5.75 Å². The first kappa shape index (κ1) is 13.7. The number of amides is 1. The van der Waals surface area contributed by atoms with Gasteiger partial charge in [0.2, 0.25) is 0 Å². The maximum absolute atomic E-state index is 12.4. The van der Waals surface area contributed by atoms with Crippen LogP contribution in [0.25, 0.3) is 0 Å². The molecule has 0 aliphatic carbocycles. The highest BCUT2D eigenvalue weighted by Crippen LogP contribution is 2.22. The molecular formula is C14H21N3O2. The third kappa shape index (κ3) is 2.81. The predicted octanol–water partition coefficient (Wildman–Crippen LogP) is 1.14. The van der Waals surface area contributed by atoms with Crippen LogP contribution in [0, 0.1) is 0 Å². The van der Waals surface area contributed by atoms with Crippen molar-refractivity contribution in [1.82, 2.24) is 9.80 Å². The van der Waals surface area contributed by atoms with E-state index in [2.05, 4.69) is 18.7 Å². The van der Waals surface area contributed by atoms with E-state index >= 15 is 0 Å². The Labute approximate surface area is 113 Å². The monoisotopic (exact) mass is 263 g/mol. The van der Waals surface area contributed by atoms with Crippen LogP contribution in [-0.2, 0) is 0 Å². The molecule has 1 heterocycles. The minimum Gasteiger partial charge on any atom is -0.506 e. The molecule has 0 radical (unpaired) electrons. The van der Waals surface area contributed by atoms with E-state index in [1.165, 1.54) is 6.07 Å². The van der Waals surface area contributed by atoms with Gasteiger partial charge in [-0.25, -0.2) is 0 Å². The van der Waals surface area contributed by atoms with Crippen LogP contribution in [0.1, 0.15) is 24.2 Å². The maximum atomic E-state index is 12.4. The molecule has 5 nitrogen and oxygen atoms in total. The molecule has 0 aromatic heterocycles. The molecule has 1 aliphatic rings. The zero-order valence-electron chi connectivity index (χ0n) is 11.5. The van der Waals surface area contributed by atoms with Gasteiger partial charge in [-0.3, -0.25) is 9.69 Å². The van der Waals surface area contributed by atoms with E-state index in [0.29, 0.717) is 17.3 Å². The number of piperazine rings is 1. The second-order valence-corrected chi connectivity index (χ2v) is 5.00. The van der Waals surface area contributed by atoms with Gasteiger partial charge in [-0.1, -0.05) is 6.92 Å². The van der Waals surface area contributed by atoms with Gasteiger partial charge in [-0.2, -0.15) is 0 Å². The summed E-state index contributed by atoms with van der Waals surface area (Å²) >= 11 is 0. The molecular weight excluding hydrogens is 242 g/mol. The molecule has 0 spiro atoms. The smallest absolute Gasteiger partial charge is 0.254 e. The van der Waals surface area contributed by atoms with E-state index in [4.69, 9.17) is 5.73 Å². The Balaban J connectivity index is 2.10. The molecule has 1 aromatic carbocycles. The first-order valence-electron chi connectivity index (χ1n) is 6.64. The fourth-order valence-corrected chi connectivity index (χ4v) is 2.51. The summed E-state index contributed by atoms with van der Waals surface area (Å²) < 4.78 is 0. The first-order chi connectivity index (χ1) is 9.02. The number of phenols is 1. The average molecular weight is 263 g/mol. The number of aromatic hydroxyl groups is 1. The molecule has 1 aliphatic heterocycles. The number of carbonyl (C=O) groups is 1. The van der Waals surface area contributed by atoms with Gasteiger partial charge in [0.05, 0.1) is 5.69 Å². The molecule has 104 valence electrons. The fourth-order valence-electron chi connectivity index (χ4n) is 2.51. The number of rotatable bonds is 2. The normalized spacial score (nSPS) is 20.5. The fraction of sp³-hybridized carbons (Fsp3) is 0.500. The van der Waals surface area contributed by atoms with Gasteiger partial charge in [0.15, 0.2) is 0 Å². The van der Waals surface area contributed by atoms with Gasteiger partial charge < -0.3 is 15.7 Å². The Morgan fingerprint density at radius 3 is 2.79 bits per heavy atom. The van der Waals surface area contributed by atoms with Crippen LogP contribution in [0.4, 0.5) is 5.69 Å². The van der Waals surface area contributed by atoms with Gasteiger partial charge >= 0.3 is 0 Å². The van der Waals surface area contributed by atoms with Crippen LogP contribution in [-0.4, -0.2) is 53.0 Å². The number of hydrogen-bond acceptors (Lipinski definition) is 4. The molecule has 1 amide bonds.